The van der Waals surface area contributed by atoms with Gasteiger partial charge in [-0.15, -0.1) is 0 Å². The zero-order valence-electron chi connectivity index (χ0n) is 17.0. The van der Waals surface area contributed by atoms with Crippen LogP contribution >= 0.6 is 0 Å². The molecular weight excluding hydrogens is 392 g/mol. The largest absolute Gasteiger partial charge is 0.371 e. The van der Waals surface area contributed by atoms with Crippen molar-refractivity contribution in [2.75, 3.05) is 12.4 Å². The second-order valence-corrected chi connectivity index (χ2v) is 7.15. The molecule has 0 aliphatic carbocycles. The van der Waals surface area contributed by atoms with E-state index in [0.717, 1.165) is 45.0 Å². The molecule has 3 N–H and O–H groups in total. The Morgan fingerprint density at radius 2 is 2.10 bits per heavy atom. The molecule has 0 aliphatic rings. The zero-order chi connectivity index (χ0) is 21.4. The molecule has 0 saturated heterocycles. The van der Waals surface area contributed by atoms with Crippen molar-refractivity contribution in [2.24, 2.45) is 7.05 Å². The molecule has 9 nitrogen and oxygen atoms in total. The van der Waals surface area contributed by atoms with Gasteiger partial charge in [-0.2, -0.15) is 0 Å². The average molecular weight is 412 g/mol. The third kappa shape index (κ3) is 3.35. The molecule has 0 atom stereocenters. The second kappa shape index (κ2) is 7.52. The maximum atomic E-state index is 12.3. The molecule has 0 spiro atoms. The van der Waals surface area contributed by atoms with Gasteiger partial charge in [-0.1, -0.05) is 6.07 Å². The Labute approximate surface area is 177 Å². The lowest BCUT2D eigenvalue weighted by molar-refractivity contribution is 0.0950. The van der Waals surface area contributed by atoms with Crippen molar-refractivity contribution in [1.82, 2.24) is 34.8 Å². The van der Waals surface area contributed by atoms with E-state index < -0.39 is 0 Å². The minimum absolute atomic E-state index is 0.187. The maximum Gasteiger partial charge on any atom is 0.253 e. The highest BCUT2D eigenvalue weighted by Crippen LogP contribution is 2.31. The lowest BCUT2D eigenvalue weighted by Crippen LogP contribution is -2.23. The van der Waals surface area contributed by atoms with Gasteiger partial charge >= 0.3 is 0 Å². The van der Waals surface area contributed by atoms with E-state index in [1.54, 1.807) is 24.7 Å². The van der Waals surface area contributed by atoms with Gasteiger partial charge < -0.3 is 20.2 Å². The molecular formula is C22H20N8O. The summed E-state index contributed by atoms with van der Waals surface area (Å²) in [6.45, 7) is 0.315. The number of anilines is 1. The second-order valence-electron chi connectivity index (χ2n) is 7.15. The van der Waals surface area contributed by atoms with Crippen LogP contribution in [0.3, 0.4) is 0 Å². The van der Waals surface area contributed by atoms with Crippen molar-refractivity contribution in [1.29, 1.82) is 0 Å². The predicted molar refractivity (Wildman–Crippen MR) is 119 cm³/mol. The Morgan fingerprint density at radius 1 is 1.19 bits per heavy atom. The van der Waals surface area contributed by atoms with Crippen LogP contribution in [-0.2, 0) is 13.6 Å². The van der Waals surface area contributed by atoms with Gasteiger partial charge in [0.05, 0.1) is 41.0 Å². The predicted octanol–water partition coefficient (Wildman–Crippen LogP) is 2.88. The first-order chi connectivity index (χ1) is 15.1. The van der Waals surface area contributed by atoms with Crippen LogP contribution in [0.4, 0.5) is 5.82 Å². The number of carbonyl (C=O) groups is 1. The van der Waals surface area contributed by atoms with Crippen LogP contribution in [0.5, 0.6) is 0 Å². The van der Waals surface area contributed by atoms with E-state index in [1.165, 1.54) is 6.20 Å². The molecule has 0 aromatic carbocycles. The van der Waals surface area contributed by atoms with Crippen molar-refractivity contribution in [3.8, 4) is 11.4 Å². The smallest absolute Gasteiger partial charge is 0.253 e. The number of nitrogens with zero attached hydrogens (tertiary/aromatic N) is 5. The number of imidazole rings is 1. The highest BCUT2D eigenvalue weighted by atomic mass is 16.1. The Hall–Kier alpha value is -4.27. The standard InChI is InChI=1S/C22H20N8O/c1-23-21-18-19(30(2)12-26-18)15-9-17(28-20(15)29-21)16-7-3-6-14(27-16)11-25-22(31)13-5-4-8-24-10-13/h3-10,12H,11H2,1-2H3,(H,25,31)(H2,23,28,29). The van der Waals surface area contributed by atoms with Gasteiger partial charge in [0.15, 0.2) is 5.82 Å². The molecule has 5 heterocycles. The summed E-state index contributed by atoms with van der Waals surface area (Å²) >= 11 is 0. The van der Waals surface area contributed by atoms with Crippen LogP contribution < -0.4 is 10.6 Å². The first kappa shape index (κ1) is 18.7. The first-order valence-electron chi connectivity index (χ1n) is 9.80. The summed E-state index contributed by atoms with van der Waals surface area (Å²) < 4.78 is 1.98. The number of carbonyl (C=O) groups excluding carboxylic acids is 1. The highest BCUT2D eigenvalue weighted by molar-refractivity contribution is 6.07. The van der Waals surface area contributed by atoms with Gasteiger partial charge in [0.1, 0.15) is 11.2 Å². The number of fused-ring (bicyclic) bond motifs is 3. The zero-order valence-corrected chi connectivity index (χ0v) is 17.0. The van der Waals surface area contributed by atoms with Gasteiger partial charge in [0, 0.05) is 31.9 Å². The first-order valence-corrected chi connectivity index (χ1v) is 9.80. The van der Waals surface area contributed by atoms with E-state index >= 15 is 0 Å². The molecule has 154 valence electrons. The number of nitrogens with one attached hydrogen (secondary N) is 3. The van der Waals surface area contributed by atoms with E-state index in [0.29, 0.717) is 12.1 Å². The monoisotopic (exact) mass is 412 g/mol. The number of hydrogen-bond donors (Lipinski definition) is 3. The number of amides is 1. The normalized spacial score (nSPS) is 11.2. The van der Waals surface area contributed by atoms with Crippen molar-refractivity contribution in [3.63, 3.8) is 0 Å². The van der Waals surface area contributed by atoms with Gasteiger partial charge in [-0.25, -0.2) is 15.0 Å². The fraction of sp³-hybridized carbons (Fsp3) is 0.136. The van der Waals surface area contributed by atoms with E-state index in [4.69, 9.17) is 4.98 Å². The van der Waals surface area contributed by atoms with Crippen LogP contribution in [0.25, 0.3) is 33.5 Å². The third-order valence-corrected chi connectivity index (χ3v) is 5.11. The van der Waals surface area contributed by atoms with Crippen LogP contribution in [0.2, 0.25) is 0 Å². The molecule has 0 aliphatic heterocycles. The number of aromatic amines is 1. The fourth-order valence-electron chi connectivity index (χ4n) is 3.61. The summed E-state index contributed by atoms with van der Waals surface area (Å²) in [4.78, 5) is 33.4. The maximum absolute atomic E-state index is 12.3. The van der Waals surface area contributed by atoms with Crippen molar-refractivity contribution >= 4 is 33.8 Å². The summed E-state index contributed by atoms with van der Waals surface area (Å²) in [5.74, 6) is 0.532. The minimum atomic E-state index is -0.187. The molecule has 0 bridgehead atoms. The summed E-state index contributed by atoms with van der Waals surface area (Å²) in [7, 11) is 3.79. The molecule has 0 radical (unpaired) electrons. The molecule has 5 rings (SSSR count). The average Bonchev–Trinajstić information content (AvgIpc) is 3.41. The number of pyridine rings is 3. The summed E-state index contributed by atoms with van der Waals surface area (Å²) in [5, 5.41) is 6.96. The Balaban J connectivity index is 1.46. The molecule has 1 amide bonds. The number of aryl methyl sites for hydroxylation is 1. The van der Waals surface area contributed by atoms with Gasteiger partial charge in [0.2, 0.25) is 0 Å². The van der Waals surface area contributed by atoms with E-state index in [9.17, 15) is 4.79 Å². The number of aromatic nitrogens is 6. The minimum Gasteiger partial charge on any atom is -0.371 e. The third-order valence-electron chi connectivity index (χ3n) is 5.11. The number of hydrogen-bond acceptors (Lipinski definition) is 6. The molecule has 0 saturated carbocycles. The van der Waals surface area contributed by atoms with Gasteiger partial charge in [0.25, 0.3) is 5.91 Å². The Bertz CT molecular complexity index is 1400. The molecule has 31 heavy (non-hydrogen) atoms. The molecule has 0 unspecified atom stereocenters. The van der Waals surface area contributed by atoms with Gasteiger partial charge in [-0.3, -0.25) is 9.78 Å². The Morgan fingerprint density at radius 3 is 2.90 bits per heavy atom. The van der Waals surface area contributed by atoms with Crippen molar-refractivity contribution < 1.29 is 4.79 Å². The Kier molecular flexibility index (Phi) is 4.55. The molecule has 0 fully saturated rings. The van der Waals surface area contributed by atoms with Crippen LogP contribution in [-0.4, -0.2) is 42.4 Å². The molecule has 9 heteroatoms. The van der Waals surface area contributed by atoms with Crippen LogP contribution in [0, 0.1) is 0 Å². The highest BCUT2D eigenvalue weighted by Gasteiger charge is 2.15. The van der Waals surface area contributed by atoms with Crippen LogP contribution in [0.1, 0.15) is 16.1 Å². The van der Waals surface area contributed by atoms with E-state index in [1.807, 2.05) is 42.9 Å². The number of rotatable bonds is 5. The topological polar surface area (TPSA) is 113 Å². The summed E-state index contributed by atoms with van der Waals surface area (Å²) in [6.07, 6.45) is 4.95. The van der Waals surface area contributed by atoms with Gasteiger partial charge in [-0.05, 0) is 30.3 Å². The SMILES string of the molecule is CNc1nc2[nH]c(-c3cccc(CNC(=O)c4cccnc4)n3)cc2c2c1ncn2C. The fourth-order valence-corrected chi connectivity index (χ4v) is 3.61. The van der Waals surface area contributed by atoms with E-state index in [2.05, 4.69) is 30.6 Å². The number of H-pyrrole nitrogens is 1. The van der Waals surface area contributed by atoms with E-state index in [-0.39, 0.29) is 5.91 Å². The molecule has 5 aromatic heterocycles. The molecule has 5 aromatic rings. The quantitative estimate of drug-likeness (QED) is 0.409. The summed E-state index contributed by atoms with van der Waals surface area (Å²) in [6, 6.07) is 11.2. The lowest BCUT2D eigenvalue weighted by atomic mass is 10.2. The van der Waals surface area contributed by atoms with Crippen molar-refractivity contribution in [3.05, 3.63) is 66.4 Å². The lowest BCUT2D eigenvalue weighted by Gasteiger charge is -2.06. The van der Waals surface area contributed by atoms with Crippen molar-refractivity contribution in [2.45, 2.75) is 6.54 Å². The summed E-state index contributed by atoms with van der Waals surface area (Å²) in [5.41, 5.74) is 5.46. The van der Waals surface area contributed by atoms with Crippen LogP contribution in [0.15, 0.2) is 55.1 Å².